The molecule has 3 aromatic rings. The summed E-state index contributed by atoms with van der Waals surface area (Å²) in [4.78, 5) is 4.36. The zero-order valence-corrected chi connectivity index (χ0v) is 11.5. The largest absolute Gasteiger partial charge is 0.453 e. The quantitative estimate of drug-likeness (QED) is 0.571. The van der Waals surface area contributed by atoms with Crippen LogP contribution in [0.4, 0.5) is 0 Å². The molecule has 2 aromatic heterocycles. The number of aromatic nitrogens is 1. The van der Waals surface area contributed by atoms with Crippen molar-refractivity contribution >= 4 is 22.5 Å². The highest BCUT2D eigenvalue weighted by Gasteiger charge is 2.17. The summed E-state index contributed by atoms with van der Waals surface area (Å²) >= 11 is 6.02. The Hall–Kier alpha value is -1.88. The Morgan fingerprint density at radius 3 is 2.85 bits per heavy atom. The van der Waals surface area contributed by atoms with E-state index in [2.05, 4.69) is 16.5 Å². The molecule has 0 aliphatic rings. The van der Waals surface area contributed by atoms with Crippen molar-refractivity contribution in [3.05, 3.63) is 65.2 Å². The van der Waals surface area contributed by atoms with Crippen molar-refractivity contribution < 1.29 is 4.42 Å². The molecule has 0 saturated heterocycles. The van der Waals surface area contributed by atoms with Crippen LogP contribution in [0, 0.1) is 0 Å². The number of para-hydroxylation sites is 1. The minimum Gasteiger partial charge on any atom is -0.453 e. The third-order valence-corrected chi connectivity index (χ3v) is 3.69. The zero-order valence-electron chi connectivity index (χ0n) is 10.7. The van der Waals surface area contributed by atoms with E-state index in [4.69, 9.17) is 21.9 Å². The van der Waals surface area contributed by atoms with E-state index < -0.39 is 0 Å². The van der Waals surface area contributed by atoms with Crippen LogP contribution in [0.25, 0.3) is 10.9 Å². The van der Waals surface area contributed by atoms with E-state index >= 15 is 0 Å². The van der Waals surface area contributed by atoms with Crippen molar-refractivity contribution in [2.45, 2.75) is 12.5 Å². The first-order valence-corrected chi connectivity index (χ1v) is 6.69. The number of furan rings is 1. The molecule has 0 bridgehead atoms. The molecule has 0 saturated carbocycles. The lowest BCUT2D eigenvalue weighted by molar-refractivity contribution is 0.528. The molecule has 2 heterocycles. The third kappa shape index (κ3) is 2.41. The lowest BCUT2D eigenvalue weighted by Crippen LogP contribution is -2.29. The van der Waals surface area contributed by atoms with Gasteiger partial charge in [-0.3, -0.25) is 16.3 Å². The van der Waals surface area contributed by atoms with E-state index in [0.717, 1.165) is 22.0 Å². The van der Waals surface area contributed by atoms with Gasteiger partial charge in [-0.2, -0.15) is 0 Å². The molecule has 1 atom stereocenters. The second-order valence-corrected chi connectivity index (χ2v) is 4.90. The lowest BCUT2D eigenvalue weighted by Gasteiger charge is -2.16. The van der Waals surface area contributed by atoms with Gasteiger partial charge in [-0.25, -0.2) is 0 Å². The molecule has 0 aliphatic heterocycles. The molecule has 20 heavy (non-hydrogen) atoms. The van der Waals surface area contributed by atoms with E-state index in [1.807, 2.05) is 36.5 Å². The van der Waals surface area contributed by atoms with Crippen molar-refractivity contribution in [3.8, 4) is 0 Å². The average Bonchev–Trinajstić information content (AvgIpc) is 2.91. The molecular formula is C15H14ClN3O. The topological polar surface area (TPSA) is 64.1 Å². The van der Waals surface area contributed by atoms with Gasteiger partial charge in [0.1, 0.15) is 0 Å². The maximum Gasteiger partial charge on any atom is 0.197 e. The molecule has 5 heteroatoms. The summed E-state index contributed by atoms with van der Waals surface area (Å²) in [5.41, 5.74) is 5.78. The van der Waals surface area contributed by atoms with Crippen LogP contribution in [0.3, 0.4) is 0 Å². The van der Waals surface area contributed by atoms with Crippen LogP contribution < -0.4 is 11.3 Å². The van der Waals surface area contributed by atoms with Gasteiger partial charge in [-0.1, -0.05) is 18.2 Å². The van der Waals surface area contributed by atoms with Gasteiger partial charge < -0.3 is 4.42 Å². The smallest absolute Gasteiger partial charge is 0.197 e. The molecule has 0 fully saturated rings. The first-order chi connectivity index (χ1) is 9.79. The summed E-state index contributed by atoms with van der Waals surface area (Å²) in [7, 11) is 0. The monoisotopic (exact) mass is 287 g/mol. The average molecular weight is 288 g/mol. The van der Waals surface area contributed by atoms with Gasteiger partial charge in [0, 0.05) is 17.1 Å². The number of benzene rings is 1. The Bertz CT molecular complexity index is 720. The number of hydrazine groups is 1. The fourth-order valence-corrected chi connectivity index (χ4v) is 2.61. The van der Waals surface area contributed by atoms with Crippen molar-refractivity contribution in [1.82, 2.24) is 10.4 Å². The number of rotatable bonds is 4. The molecule has 3 N–H and O–H groups in total. The Labute approximate surface area is 121 Å². The van der Waals surface area contributed by atoms with Crippen LogP contribution in [0.1, 0.15) is 17.2 Å². The van der Waals surface area contributed by atoms with Gasteiger partial charge in [0.2, 0.25) is 0 Å². The number of nitrogens with two attached hydrogens (primary N) is 1. The second-order valence-electron chi connectivity index (χ2n) is 4.56. The van der Waals surface area contributed by atoms with E-state index in [1.165, 1.54) is 0 Å². The molecule has 102 valence electrons. The summed E-state index contributed by atoms with van der Waals surface area (Å²) in [6.07, 6.45) is 4.08. The highest BCUT2D eigenvalue weighted by Crippen LogP contribution is 2.28. The van der Waals surface area contributed by atoms with Crippen LogP contribution in [0.15, 0.2) is 53.3 Å². The number of nitrogens with zero attached hydrogens (tertiary/aromatic N) is 1. The van der Waals surface area contributed by atoms with Crippen molar-refractivity contribution in [2.75, 3.05) is 0 Å². The number of hydrogen-bond donors (Lipinski definition) is 2. The Kier molecular flexibility index (Phi) is 3.69. The van der Waals surface area contributed by atoms with E-state index in [0.29, 0.717) is 11.6 Å². The Morgan fingerprint density at radius 1 is 1.25 bits per heavy atom. The summed E-state index contributed by atoms with van der Waals surface area (Å²) < 4.78 is 5.13. The highest BCUT2D eigenvalue weighted by molar-refractivity contribution is 6.29. The van der Waals surface area contributed by atoms with Crippen LogP contribution in [-0.2, 0) is 6.42 Å². The molecule has 0 radical (unpaired) electrons. The number of nitrogens with one attached hydrogen (secondary N) is 1. The SMILES string of the molecule is NNC(Cc1ccnc2ccccc12)c1ccoc1Cl. The second kappa shape index (κ2) is 5.63. The molecule has 0 aliphatic carbocycles. The maximum atomic E-state index is 6.02. The molecular weight excluding hydrogens is 274 g/mol. The van der Waals surface area contributed by atoms with Gasteiger partial charge >= 0.3 is 0 Å². The zero-order chi connectivity index (χ0) is 13.9. The molecule has 4 nitrogen and oxygen atoms in total. The minimum absolute atomic E-state index is 0.105. The first-order valence-electron chi connectivity index (χ1n) is 6.31. The van der Waals surface area contributed by atoms with Crippen LogP contribution in [0.5, 0.6) is 0 Å². The normalized spacial score (nSPS) is 12.7. The van der Waals surface area contributed by atoms with Gasteiger partial charge in [0.25, 0.3) is 0 Å². The number of halogens is 1. The molecule has 1 unspecified atom stereocenters. The standard InChI is InChI=1S/C15H14ClN3O/c16-15-12(6-8-20-15)14(19-17)9-10-5-7-18-13-4-2-1-3-11(10)13/h1-8,14,19H,9,17H2. The van der Waals surface area contributed by atoms with Crippen LogP contribution in [0.2, 0.25) is 5.22 Å². The summed E-state index contributed by atoms with van der Waals surface area (Å²) in [6.45, 7) is 0. The predicted octanol–water partition coefficient (Wildman–Crippen LogP) is 3.23. The molecule has 0 spiro atoms. The van der Waals surface area contributed by atoms with Crippen molar-refractivity contribution in [1.29, 1.82) is 0 Å². The lowest BCUT2D eigenvalue weighted by atomic mass is 9.99. The molecule has 1 aromatic carbocycles. The van der Waals surface area contributed by atoms with E-state index in [1.54, 1.807) is 6.26 Å². The fourth-order valence-electron chi connectivity index (χ4n) is 2.37. The third-order valence-electron chi connectivity index (χ3n) is 3.39. The summed E-state index contributed by atoms with van der Waals surface area (Å²) in [6, 6.07) is 11.8. The Balaban J connectivity index is 1.98. The van der Waals surface area contributed by atoms with Gasteiger partial charge in [0.15, 0.2) is 5.22 Å². The fraction of sp³-hybridized carbons (Fsp3) is 0.133. The summed E-state index contributed by atoms with van der Waals surface area (Å²) in [5, 5.41) is 1.49. The van der Waals surface area contributed by atoms with Gasteiger partial charge in [-0.05, 0) is 41.8 Å². The molecule has 3 rings (SSSR count). The van der Waals surface area contributed by atoms with Gasteiger partial charge in [0.05, 0.1) is 17.8 Å². The van der Waals surface area contributed by atoms with Crippen molar-refractivity contribution in [2.24, 2.45) is 5.84 Å². The number of fused-ring (bicyclic) bond motifs is 1. The van der Waals surface area contributed by atoms with Crippen molar-refractivity contribution in [3.63, 3.8) is 0 Å². The van der Waals surface area contributed by atoms with Crippen LogP contribution in [-0.4, -0.2) is 4.98 Å². The maximum absolute atomic E-state index is 6.02. The van der Waals surface area contributed by atoms with Crippen LogP contribution >= 0.6 is 11.6 Å². The minimum atomic E-state index is -0.105. The first kappa shape index (κ1) is 13.1. The summed E-state index contributed by atoms with van der Waals surface area (Å²) in [5.74, 6) is 5.66. The van der Waals surface area contributed by atoms with E-state index in [9.17, 15) is 0 Å². The number of pyridine rings is 1. The predicted molar refractivity (Wildman–Crippen MR) is 79.2 cm³/mol. The van der Waals surface area contributed by atoms with E-state index in [-0.39, 0.29) is 6.04 Å². The highest BCUT2D eigenvalue weighted by atomic mass is 35.5. The van der Waals surface area contributed by atoms with Gasteiger partial charge in [-0.15, -0.1) is 0 Å². The molecule has 0 amide bonds. The number of hydrogen-bond acceptors (Lipinski definition) is 4. The Morgan fingerprint density at radius 2 is 2.10 bits per heavy atom.